The zero-order valence-electron chi connectivity index (χ0n) is 31.4. The molecule has 7 N–H and O–H groups in total. The van der Waals surface area contributed by atoms with Crippen molar-refractivity contribution in [1.82, 2.24) is 24.5 Å². The van der Waals surface area contributed by atoms with E-state index >= 15 is 0 Å². The summed E-state index contributed by atoms with van der Waals surface area (Å²) >= 11 is 0. The fraction of sp³-hybridized carbons (Fsp3) is 0.459. The third-order valence-electron chi connectivity index (χ3n) is 8.84. The Morgan fingerprint density at radius 1 is 0.898 bits per heavy atom. The number of hydrogen-bond acceptors (Lipinski definition) is 18. The zero-order chi connectivity index (χ0) is 42.5. The van der Waals surface area contributed by atoms with Gasteiger partial charge in [0.25, 0.3) is 5.56 Å². The Bertz CT molecular complexity index is 2120. The number of hydrogen-bond donors (Lipinski definition) is 7. The number of aryl methyl sites for hydroxylation is 2. The Balaban J connectivity index is 1.04. The van der Waals surface area contributed by atoms with E-state index in [4.69, 9.17) is 28.4 Å². The molecule has 0 radical (unpaired) electrons. The van der Waals surface area contributed by atoms with Crippen LogP contribution in [0.5, 0.6) is 23.0 Å². The number of phenols is 2. The van der Waals surface area contributed by atoms with E-state index in [1.165, 1.54) is 28.9 Å². The van der Waals surface area contributed by atoms with Gasteiger partial charge in [-0.2, -0.15) is 4.39 Å². The number of rotatable bonds is 22. The lowest BCUT2D eigenvalue weighted by atomic mass is 9.99. The van der Waals surface area contributed by atoms with Gasteiger partial charge in [-0.05, 0) is 24.1 Å². The van der Waals surface area contributed by atoms with Crippen molar-refractivity contribution in [3.8, 4) is 23.0 Å². The molecule has 1 aliphatic rings. The number of H-pyrrole nitrogens is 1. The summed E-state index contributed by atoms with van der Waals surface area (Å²) in [5.41, 5.74) is -1.13. The van der Waals surface area contributed by atoms with Gasteiger partial charge in [-0.3, -0.25) is 23.9 Å². The Kier molecular flexibility index (Phi) is 16.0. The molecule has 2 aromatic carbocycles. The molecule has 1 unspecified atom stereocenters. The van der Waals surface area contributed by atoms with Crippen molar-refractivity contribution in [3.63, 3.8) is 0 Å². The smallest absolute Gasteiger partial charge is 0.331 e. The number of ketones is 1. The second-order valence-corrected chi connectivity index (χ2v) is 13.1. The first-order valence-corrected chi connectivity index (χ1v) is 18.3. The highest BCUT2D eigenvalue weighted by Crippen LogP contribution is 2.37. The number of benzene rings is 2. The van der Waals surface area contributed by atoms with Crippen molar-refractivity contribution in [2.75, 3.05) is 39.6 Å². The number of aromatic nitrogens is 5. The van der Waals surface area contributed by atoms with E-state index in [-0.39, 0.29) is 81.5 Å². The molecule has 22 heteroatoms. The van der Waals surface area contributed by atoms with Gasteiger partial charge in [-0.15, -0.1) is 5.10 Å². The maximum absolute atomic E-state index is 13.4. The topological polar surface area (TPSA) is 296 Å². The molecule has 2 aromatic heterocycles. The molecule has 0 aliphatic carbocycles. The molecule has 21 nitrogen and oxygen atoms in total. The van der Waals surface area contributed by atoms with Crippen LogP contribution in [0.4, 0.5) is 4.39 Å². The van der Waals surface area contributed by atoms with E-state index < -0.39 is 78.6 Å². The van der Waals surface area contributed by atoms with Crippen LogP contribution in [0.2, 0.25) is 0 Å². The van der Waals surface area contributed by atoms with Crippen molar-refractivity contribution >= 4 is 11.8 Å². The minimum absolute atomic E-state index is 0.00740. The van der Waals surface area contributed by atoms with Crippen LogP contribution in [0, 0.1) is 5.82 Å². The van der Waals surface area contributed by atoms with Gasteiger partial charge in [0, 0.05) is 31.2 Å². The maximum atomic E-state index is 13.4. The van der Waals surface area contributed by atoms with E-state index in [0.717, 1.165) is 5.56 Å². The van der Waals surface area contributed by atoms with E-state index in [1.54, 1.807) is 23.3 Å². The summed E-state index contributed by atoms with van der Waals surface area (Å²) in [6, 6.07) is 8.70. The number of phenolic OH excluding ortho intramolecular Hbond substituents is 2. The summed E-state index contributed by atoms with van der Waals surface area (Å²) in [5, 5.41) is 69.0. The standard InChI is InChI=1S/C37H44FN5O16/c38-25-18-42(37(53)39-35(25)52)20-57-30(48)8-4-22-17-43(41-40-22)9-10-54-11-12-55-13-14-56-24-15-27(47)31(26(46)7-3-21-1-5-23(45)6-2-21)28(16-24)58-36-34(51)33(50)32(49)29(19-44)59-36/h1-2,5-6,15-18,29,32-34,36,44-45,47,49-51H,3-4,7-14,19-20H2,(H,39,52,53)/t29-,32-,33?,34-,36-/m1/s1. The first kappa shape index (κ1) is 44.4. The molecule has 1 aliphatic heterocycles. The van der Waals surface area contributed by atoms with Crippen LogP contribution in [0.1, 0.15) is 34.5 Å². The van der Waals surface area contributed by atoms with Crippen LogP contribution >= 0.6 is 0 Å². The number of aromatic hydroxyl groups is 2. The summed E-state index contributed by atoms with van der Waals surface area (Å²) in [6.07, 6.45) is -5.63. The fourth-order valence-electron chi connectivity index (χ4n) is 5.65. The Labute approximate surface area is 333 Å². The van der Waals surface area contributed by atoms with E-state index in [0.29, 0.717) is 23.0 Å². The number of halogens is 1. The zero-order valence-corrected chi connectivity index (χ0v) is 31.4. The summed E-state index contributed by atoms with van der Waals surface area (Å²) in [6.45, 7) is -0.201. The first-order chi connectivity index (χ1) is 28.3. The lowest BCUT2D eigenvalue weighted by Gasteiger charge is -2.39. The molecule has 5 atom stereocenters. The van der Waals surface area contributed by atoms with Gasteiger partial charge in [0.05, 0.1) is 57.9 Å². The average molecular weight is 834 g/mol. The van der Waals surface area contributed by atoms with Crippen LogP contribution in [-0.2, 0) is 49.9 Å². The monoisotopic (exact) mass is 833 g/mol. The number of aromatic amines is 1. The molecule has 0 bridgehead atoms. The number of Topliss-reactive ketones (excluding diaryl/α,β-unsaturated/α-hetero) is 1. The number of ether oxygens (including phenoxy) is 6. The molecule has 5 rings (SSSR count). The van der Waals surface area contributed by atoms with Crippen LogP contribution in [0.25, 0.3) is 0 Å². The van der Waals surface area contributed by atoms with Crippen molar-refractivity contribution in [1.29, 1.82) is 0 Å². The summed E-state index contributed by atoms with van der Waals surface area (Å²) in [5.74, 6) is -3.07. The lowest BCUT2D eigenvalue weighted by molar-refractivity contribution is -0.277. The van der Waals surface area contributed by atoms with Gasteiger partial charge in [-0.25, -0.2) is 9.48 Å². The van der Waals surface area contributed by atoms with E-state index in [2.05, 4.69) is 10.3 Å². The molecule has 0 saturated carbocycles. The van der Waals surface area contributed by atoms with Crippen molar-refractivity contribution in [2.24, 2.45) is 0 Å². The third kappa shape index (κ3) is 12.6. The highest BCUT2D eigenvalue weighted by Gasteiger charge is 2.45. The number of aliphatic hydroxyl groups is 4. The maximum Gasteiger partial charge on any atom is 0.331 e. The third-order valence-corrected chi connectivity index (χ3v) is 8.84. The molecule has 320 valence electrons. The highest BCUT2D eigenvalue weighted by molar-refractivity contribution is 6.01. The largest absolute Gasteiger partial charge is 0.508 e. The van der Waals surface area contributed by atoms with Crippen molar-refractivity contribution < 1.29 is 73.0 Å². The Morgan fingerprint density at radius 3 is 2.37 bits per heavy atom. The van der Waals surface area contributed by atoms with Crippen LogP contribution in [0.3, 0.4) is 0 Å². The number of esters is 1. The molecular formula is C37H44FN5O16. The first-order valence-electron chi connectivity index (χ1n) is 18.3. The highest BCUT2D eigenvalue weighted by atomic mass is 19.1. The average Bonchev–Trinajstić information content (AvgIpc) is 3.67. The second-order valence-electron chi connectivity index (χ2n) is 13.1. The minimum atomic E-state index is -1.79. The second kappa shape index (κ2) is 21.3. The van der Waals surface area contributed by atoms with Crippen LogP contribution in [-0.4, -0.2) is 137 Å². The SMILES string of the molecule is O=C(CCc1cn(CCOCCOCCOc2cc(O)c(C(=O)CCc3ccc(O)cc3)c(O[C@@H]3O[C@H](CO)[C@@H](O)C(O)[C@H]3O)c2)nn1)OCn1cc(F)c(=O)[nH]c1=O. The van der Waals surface area contributed by atoms with Gasteiger partial charge in [0.15, 0.2) is 12.5 Å². The molecule has 4 aromatic rings. The molecule has 0 amide bonds. The number of aliphatic hydroxyl groups excluding tert-OH is 4. The van der Waals surface area contributed by atoms with Gasteiger partial charge in [0.1, 0.15) is 59.6 Å². The van der Waals surface area contributed by atoms with Crippen LogP contribution < -0.4 is 20.7 Å². The Morgan fingerprint density at radius 2 is 1.63 bits per heavy atom. The van der Waals surface area contributed by atoms with Crippen LogP contribution in [0.15, 0.2) is 58.4 Å². The fourth-order valence-corrected chi connectivity index (χ4v) is 5.65. The van der Waals surface area contributed by atoms with Crippen molar-refractivity contribution in [3.05, 3.63) is 92.3 Å². The number of nitrogens with one attached hydrogen (secondary N) is 1. The normalized spacial score (nSPS) is 19.0. The van der Waals surface area contributed by atoms with Crippen molar-refractivity contribution in [2.45, 2.75) is 69.7 Å². The summed E-state index contributed by atoms with van der Waals surface area (Å²) < 4.78 is 48.6. The molecular weight excluding hydrogens is 789 g/mol. The summed E-state index contributed by atoms with van der Waals surface area (Å²) in [4.78, 5) is 49.9. The van der Waals surface area contributed by atoms with Gasteiger partial charge in [0.2, 0.25) is 12.1 Å². The number of carbonyl (C=O) groups is 2. The molecule has 3 heterocycles. The minimum Gasteiger partial charge on any atom is -0.508 e. The molecule has 59 heavy (non-hydrogen) atoms. The van der Waals surface area contributed by atoms with Gasteiger partial charge < -0.3 is 59.1 Å². The summed E-state index contributed by atoms with van der Waals surface area (Å²) in [7, 11) is 0. The molecule has 1 saturated heterocycles. The Hall–Kier alpha value is -5.75. The number of carbonyl (C=O) groups excluding carboxylic acids is 2. The predicted molar refractivity (Wildman–Crippen MR) is 196 cm³/mol. The van der Waals surface area contributed by atoms with Gasteiger partial charge >= 0.3 is 11.7 Å². The molecule has 1 fully saturated rings. The van der Waals surface area contributed by atoms with E-state index in [9.17, 15) is 54.2 Å². The number of nitrogens with zero attached hydrogens (tertiary/aromatic N) is 4. The molecule has 0 spiro atoms. The van der Waals surface area contributed by atoms with Gasteiger partial charge in [-0.1, -0.05) is 17.3 Å². The quantitative estimate of drug-likeness (QED) is 0.0281. The lowest BCUT2D eigenvalue weighted by Crippen LogP contribution is -2.60. The predicted octanol–water partition coefficient (Wildman–Crippen LogP) is -1.08. The van der Waals surface area contributed by atoms with E-state index in [1.807, 2.05) is 0 Å².